The number of nitrogens with two attached hydrogens (primary N) is 1. The van der Waals surface area contributed by atoms with Crippen molar-refractivity contribution in [3.63, 3.8) is 0 Å². The van der Waals surface area contributed by atoms with Gasteiger partial charge in [-0.2, -0.15) is 5.26 Å². The maximum Gasteiger partial charge on any atom is 0.0995 e. The lowest BCUT2D eigenvalue weighted by Crippen LogP contribution is -2.06. The molecule has 0 radical (unpaired) electrons. The largest absolute Gasteiger partial charge is 0.343 e. The van der Waals surface area contributed by atoms with Gasteiger partial charge in [-0.3, -0.25) is 0 Å². The van der Waals surface area contributed by atoms with Crippen molar-refractivity contribution < 1.29 is 0 Å². The van der Waals surface area contributed by atoms with Gasteiger partial charge in [0.1, 0.15) is 0 Å². The van der Waals surface area contributed by atoms with E-state index in [1.807, 2.05) is 24.3 Å². The van der Waals surface area contributed by atoms with Crippen molar-refractivity contribution >= 4 is 10.9 Å². The third-order valence-corrected chi connectivity index (χ3v) is 3.76. The number of aromatic nitrogens is 1. The highest BCUT2D eigenvalue weighted by molar-refractivity contribution is 5.83. The number of fused-ring (bicyclic) bond motifs is 1. The molecule has 3 rings (SSSR count). The van der Waals surface area contributed by atoms with Crippen molar-refractivity contribution in [2.24, 2.45) is 5.73 Å². The first kappa shape index (κ1) is 13.4. The smallest absolute Gasteiger partial charge is 0.0995 e. The molecule has 104 valence electrons. The van der Waals surface area contributed by atoms with Crippen LogP contribution in [0.1, 0.15) is 16.7 Å². The average Bonchev–Trinajstić information content (AvgIpc) is 2.92. The van der Waals surface area contributed by atoms with E-state index in [9.17, 15) is 5.26 Å². The minimum atomic E-state index is 0.638. The summed E-state index contributed by atoms with van der Waals surface area (Å²) in [4.78, 5) is 0. The summed E-state index contributed by atoms with van der Waals surface area (Å²) >= 11 is 0. The monoisotopic (exact) mass is 275 g/mol. The summed E-state index contributed by atoms with van der Waals surface area (Å²) in [5, 5.41) is 10.4. The second-order valence-electron chi connectivity index (χ2n) is 5.11. The van der Waals surface area contributed by atoms with E-state index in [2.05, 4.69) is 41.1 Å². The van der Waals surface area contributed by atoms with E-state index in [-0.39, 0.29) is 0 Å². The standard InChI is InChI=1S/C18H17N3/c19-10-8-14-6-3-7-15-9-11-21(18(14)15)13-17-5-2-1-4-16(17)12-20/h1-7,9,11H,8,10,13,19H2. The highest BCUT2D eigenvalue weighted by Gasteiger charge is 2.08. The Kier molecular flexibility index (Phi) is 3.72. The number of rotatable bonds is 4. The number of nitriles is 1. The van der Waals surface area contributed by atoms with E-state index < -0.39 is 0 Å². The van der Waals surface area contributed by atoms with Gasteiger partial charge in [0.2, 0.25) is 0 Å². The van der Waals surface area contributed by atoms with Crippen molar-refractivity contribution in [1.82, 2.24) is 4.57 Å². The van der Waals surface area contributed by atoms with E-state index in [0.29, 0.717) is 13.1 Å². The van der Waals surface area contributed by atoms with Crippen LogP contribution in [0.3, 0.4) is 0 Å². The van der Waals surface area contributed by atoms with Crippen molar-refractivity contribution in [3.8, 4) is 6.07 Å². The van der Waals surface area contributed by atoms with Crippen molar-refractivity contribution in [2.75, 3.05) is 6.54 Å². The normalized spacial score (nSPS) is 10.7. The van der Waals surface area contributed by atoms with Gasteiger partial charge in [0, 0.05) is 12.7 Å². The molecule has 0 aliphatic heterocycles. The number of benzene rings is 2. The predicted octanol–water partition coefficient (Wildman–Crippen LogP) is 3.06. The molecule has 0 saturated heterocycles. The molecule has 0 fully saturated rings. The maximum atomic E-state index is 9.22. The van der Waals surface area contributed by atoms with Crippen LogP contribution in [-0.2, 0) is 13.0 Å². The molecule has 0 amide bonds. The van der Waals surface area contributed by atoms with Crippen molar-refractivity contribution in [3.05, 3.63) is 71.4 Å². The van der Waals surface area contributed by atoms with E-state index in [0.717, 1.165) is 17.5 Å². The third-order valence-electron chi connectivity index (χ3n) is 3.76. The lowest BCUT2D eigenvalue weighted by molar-refractivity contribution is 0.825. The van der Waals surface area contributed by atoms with Gasteiger partial charge in [0.05, 0.1) is 17.1 Å². The number of nitrogens with zero attached hydrogens (tertiary/aromatic N) is 2. The van der Waals surface area contributed by atoms with Crippen LogP contribution < -0.4 is 5.73 Å². The minimum absolute atomic E-state index is 0.638. The fraction of sp³-hybridized carbons (Fsp3) is 0.167. The Morgan fingerprint density at radius 2 is 1.81 bits per heavy atom. The van der Waals surface area contributed by atoms with Gasteiger partial charge < -0.3 is 10.3 Å². The molecule has 3 aromatic rings. The van der Waals surface area contributed by atoms with Crippen molar-refractivity contribution in [2.45, 2.75) is 13.0 Å². The van der Waals surface area contributed by atoms with E-state index >= 15 is 0 Å². The molecule has 3 nitrogen and oxygen atoms in total. The number of para-hydroxylation sites is 1. The molecule has 0 aliphatic carbocycles. The second-order valence-corrected chi connectivity index (χ2v) is 5.11. The van der Waals surface area contributed by atoms with Crippen LogP contribution in [0.4, 0.5) is 0 Å². The molecular weight excluding hydrogens is 258 g/mol. The zero-order chi connectivity index (χ0) is 14.7. The molecule has 0 unspecified atom stereocenters. The van der Waals surface area contributed by atoms with Crippen LogP contribution in [0.5, 0.6) is 0 Å². The molecule has 0 aliphatic rings. The first-order chi connectivity index (χ1) is 10.3. The highest BCUT2D eigenvalue weighted by atomic mass is 15.0. The van der Waals surface area contributed by atoms with Gasteiger partial charge in [-0.05, 0) is 41.6 Å². The van der Waals surface area contributed by atoms with Crippen LogP contribution in [0.2, 0.25) is 0 Å². The first-order valence-electron chi connectivity index (χ1n) is 7.08. The Labute approximate surface area is 124 Å². The van der Waals surface area contributed by atoms with Gasteiger partial charge >= 0.3 is 0 Å². The minimum Gasteiger partial charge on any atom is -0.343 e. The second kappa shape index (κ2) is 5.82. The average molecular weight is 275 g/mol. The Balaban J connectivity index is 2.07. The SMILES string of the molecule is N#Cc1ccccc1Cn1ccc2cccc(CCN)c21. The molecule has 3 heteroatoms. The quantitative estimate of drug-likeness (QED) is 0.795. The van der Waals surface area contributed by atoms with Gasteiger partial charge in [0.25, 0.3) is 0 Å². The first-order valence-corrected chi connectivity index (χ1v) is 7.08. The molecule has 1 aromatic heterocycles. The van der Waals surface area contributed by atoms with E-state index in [1.54, 1.807) is 0 Å². The Morgan fingerprint density at radius 3 is 2.62 bits per heavy atom. The fourth-order valence-electron chi connectivity index (χ4n) is 2.78. The molecule has 2 aromatic carbocycles. The lowest BCUT2D eigenvalue weighted by atomic mass is 10.1. The Morgan fingerprint density at radius 1 is 1.00 bits per heavy atom. The Bertz CT molecular complexity index is 809. The summed E-state index contributed by atoms with van der Waals surface area (Å²) in [5.41, 5.74) is 9.97. The van der Waals surface area contributed by atoms with Crippen LogP contribution in [0.25, 0.3) is 10.9 Å². The summed E-state index contributed by atoms with van der Waals surface area (Å²) in [5.74, 6) is 0. The van der Waals surface area contributed by atoms with E-state index in [4.69, 9.17) is 5.73 Å². The predicted molar refractivity (Wildman–Crippen MR) is 85.0 cm³/mol. The molecule has 0 saturated carbocycles. The fourth-order valence-corrected chi connectivity index (χ4v) is 2.78. The van der Waals surface area contributed by atoms with Crippen LogP contribution in [0, 0.1) is 11.3 Å². The molecule has 21 heavy (non-hydrogen) atoms. The van der Waals surface area contributed by atoms with Gasteiger partial charge in [-0.15, -0.1) is 0 Å². The molecule has 0 bridgehead atoms. The van der Waals surface area contributed by atoms with E-state index in [1.165, 1.54) is 16.5 Å². The van der Waals surface area contributed by atoms with Crippen LogP contribution >= 0.6 is 0 Å². The zero-order valence-corrected chi connectivity index (χ0v) is 11.8. The van der Waals surface area contributed by atoms with Gasteiger partial charge in [-0.25, -0.2) is 0 Å². The molecular formula is C18H17N3. The molecule has 0 spiro atoms. The summed E-state index contributed by atoms with van der Waals surface area (Å²) in [6, 6.07) is 18.4. The summed E-state index contributed by atoms with van der Waals surface area (Å²) in [6.45, 7) is 1.34. The lowest BCUT2D eigenvalue weighted by Gasteiger charge is -2.10. The zero-order valence-electron chi connectivity index (χ0n) is 11.8. The maximum absolute atomic E-state index is 9.22. The molecule has 0 atom stereocenters. The third kappa shape index (κ3) is 2.54. The van der Waals surface area contributed by atoms with Gasteiger partial charge in [0.15, 0.2) is 0 Å². The van der Waals surface area contributed by atoms with Gasteiger partial charge in [-0.1, -0.05) is 36.4 Å². The number of hydrogen-bond acceptors (Lipinski definition) is 2. The summed E-state index contributed by atoms with van der Waals surface area (Å²) in [7, 11) is 0. The molecule has 2 N–H and O–H groups in total. The Hall–Kier alpha value is -2.57. The molecule has 1 heterocycles. The topological polar surface area (TPSA) is 54.7 Å². The highest BCUT2D eigenvalue weighted by Crippen LogP contribution is 2.22. The number of hydrogen-bond donors (Lipinski definition) is 1. The van der Waals surface area contributed by atoms with Crippen LogP contribution in [-0.4, -0.2) is 11.1 Å². The summed E-state index contributed by atoms with van der Waals surface area (Å²) in [6.07, 6.45) is 2.94. The van der Waals surface area contributed by atoms with Crippen LogP contribution in [0.15, 0.2) is 54.7 Å². The summed E-state index contributed by atoms with van der Waals surface area (Å²) < 4.78 is 2.20. The van der Waals surface area contributed by atoms with Crippen molar-refractivity contribution in [1.29, 1.82) is 5.26 Å².